The fourth-order valence-corrected chi connectivity index (χ4v) is 2.25. The van der Waals surface area contributed by atoms with Crippen LogP contribution in [0.4, 0.5) is 0 Å². The van der Waals surface area contributed by atoms with E-state index in [4.69, 9.17) is 10.1 Å². The first kappa shape index (κ1) is 16.9. The molecule has 0 aromatic carbocycles. The molecule has 0 rings (SSSR count). The normalized spacial score (nSPS) is 12.0. The van der Waals surface area contributed by atoms with Gasteiger partial charge in [0.15, 0.2) is 0 Å². The van der Waals surface area contributed by atoms with Crippen LogP contribution in [0.5, 0.6) is 0 Å². The average Bonchev–Trinajstić information content (AvgIpc) is 2.36. The molecule has 17 heavy (non-hydrogen) atoms. The maximum atomic E-state index is 8.44. The molecule has 0 aromatic heterocycles. The summed E-state index contributed by atoms with van der Waals surface area (Å²) in [5.41, 5.74) is -0.293. The minimum absolute atomic E-state index is 0.293. The monoisotopic (exact) mass is 246 g/mol. The lowest BCUT2D eigenvalue weighted by atomic mass is 9.90. The molecule has 0 aliphatic rings. The molecule has 0 amide bonds. The summed E-state index contributed by atoms with van der Waals surface area (Å²) >= 11 is 0. The molecule has 0 spiro atoms. The van der Waals surface area contributed by atoms with E-state index in [0.29, 0.717) is 0 Å². The van der Waals surface area contributed by atoms with Crippen LogP contribution in [-0.2, 0) is 9.93 Å². The highest BCUT2D eigenvalue weighted by molar-refractivity contribution is 4.75. The molecule has 3 heteroatoms. The van der Waals surface area contributed by atoms with Crippen LogP contribution in [0, 0.1) is 0 Å². The Bertz CT molecular complexity index is 156. The van der Waals surface area contributed by atoms with Gasteiger partial charge >= 0.3 is 0 Å². The molecule has 104 valence electrons. The smallest absolute Gasteiger partial charge is 0.106 e. The predicted octanol–water partition coefficient (Wildman–Crippen LogP) is 5.11. The molecule has 0 fully saturated rings. The van der Waals surface area contributed by atoms with Gasteiger partial charge in [-0.15, -0.1) is 0 Å². The average molecular weight is 246 g/mol. The molecule has 0 atom stereocenters. The van der Waals surface area contributed by atoms with Crippen molar-refractivity contribution in [3.63, 3.8) is 0 Å². The second kappa shape index (κ2) is 11.0. The Morgan fingerprint density at radius 1 is 0.824 bits per heavy atom. The standard InChI is InChI=1S/C14H30O3/c1-4-7-8-9-10-11-12-13-14(5-2,6-3)16-17-15/h15H,4-13H2,1-3H3. The van der Waals surface area contributed by atoms with E-state index in [9.17, 15) is 0 Å². The third kappa shape index (κ3) is 7.74. The Hall–Kier alpha value is -0.120. The summed E-state index contributed by atoms with van der Waals surface area (Å²) in [6.07, 6.45) is 11.8. The fourth-order valence-electron chi connectivity index (χ4n) is 2.25. The SMILES string of the molecule is CCCCCCCCCC(CC)(CC)OOO. The summed E-state index contributed by atoms with van der Waals surface area (Å²) in [5, 5.41) is 12.3. The van der Waals surface area contributed by atoms with Crippen LogP contribution >= 0.6 is 0 Å². The van der Waals surface area contributed by atoms with E-state index >= 15 is 0 Å². The first-order valence-corrected chi connectivity index (χ1v) is 7.24. The van der Waals surface area contributed by atoms with Gasteiger partial charge < -0.3 is 0 Å². The predicted molar refractivity (Wildman–Crippen MR) is 70.7 cm³/mol. The van der Waals surface area contributed by atoms with E-state index in [1.165, 1.54) is 38.5 Å². The number of hydrogen-bond donors (Lipinski definition) is 1. The maximum absolute atomic E-state index is 8.44. The molecule has 0 saturated heterocycles. The van der Waals surface area contributed by atoms with Gasteiger partial charge in [0.1, 0.15) is 5.60 Å². The molecular weight excluding hydrogens is 216 g/mol. The van der Waals surface area contributed by atoms with E-state index in [1.54, 1.807) is 0 Å². The topological polar surface area (TPSA) is 38.7 Å². The lowest BCUT2D eigenvalue weighted by Crippen LogP contribution is -2.30. The molecule has 0 aromatic rings. The Labute approximate surface area is 106 Å². The van der Waals surface area contributed by atoms with Crippen LogP contribution in [-0.4, -0.2) is 10.9 Å². The Morgan fingerprint density at radius 3 is 1.82 bits per heavy atom. The Morgan fingerprint density at radius 2 is 1.35 bits per heavy atom. The molecule has 0 radical (unpaired) electrons. The van der Waals surface area contributed by atoms with Crippen LogP contribution in [0.2, 0.25) is 0 Å². The van der Waals surface area contributed by atoms with Crippen molar-refractivity contribution in [2.24, 2.45) is 0 Å². The van der Waals surface area contributed by atoms with Gasteiger partial charge in [0.25, 0.3) is 0 Å². The zero-order valence-corrected chi connectivity index (χ0v) is 11.8. The molecular formula is C14H30O3. The zero-order valence-electron chi connectivity index (χ0n) is 11.8. The van der Waals surface area contributed by atoms with Gasteiger partial charge in [0.2, 0.25) is 0 Å². The third-order valence-corrected chi connectivity index (χ3v) is 3.74. The Balaban J connectivity index is 3.61. The van der Waals surface area contributed by atoms with E-state index in [1.807, 2.05) is 0 Å². The summed E-state index contributed by atoms with van der Waals surface area (Å²) in [7, 11) is 0. The van der Waals surface area contributed by atoms with Crippen molar-refractivity contribution in [3.8, 4) is 0 Å². The van der Waals surface area contributed by atoms with Crippen molar-refractivity contribution in [1.82, 2.24) is 0 Å². The van der Waals surface area contributed by atoms with E-state index in [2.05, 4.69) is 25.8 Å². The largest absolute Gasteiger partial charge is 0.221 e. The number of hydrogen-bond acceptors (Lipinski definition) is 3. The minimum atomic E-state index is -0.293. The van der Waals surface area contributed by atoms with Gasteiger partial charge in [-0.3, -0.25) is 0 Å². The third-order valence-electron chi connectivity index (χ3n) is 3.74. The van der Waals surface area contributed by atoms with Gasteiger partial charge in [-0.2, -0.15) is 4.89 Å². The van der Waals surface area contributed by atoms with E-state index in [-0.39, 0.29) is 5.60 Å². The highest BCUT2D eigenvalue weighted by Crippen LogP contribution is 2.27. The molecule has 0 heterocycles. The Kier molecular flexibility index (Phi) is 10.9. The van der Waals surface area contributed by atoms with E-state index < -0.39 is 0 Å². The van der Waals surface area contributed by atoms with Gasteiger partial charge in [0, 0.05) is 0 Å². The molecule has 0 aliphatic heterocycles. The van der Waals surface area contributed by atoms with Gasteiger partial charge in [0.05, 0.1) is 0 Å². The number of unbranched alkanes of at least 4 members (excludes halogenated alkanes) is 6. The highest BCUT2D eigenvalue weighted by atomic mass is 17.5. The van der Waals surface area contributed by atoms with Crippen molar-refractivity contribution in [3.05, 3.63) is 0 Å². The first-order valence-electron chi connectivity index (χ1n) is 7.24. The second-order valence-corrected chi connectivity index (χ2v) is 4.92. The lowest BCUT2D eigenvalue weighted by molar-refractivity contribution is -0.527. The summed E-state index contributed by atoms with van der Waals surface area (Å²) in [6, 6.07) is 0. The van der Waals surface area contributed by atoms with Crippen LogP contribution in [0.1, 0.15) is 85.0 Å². The maximum Gasteiger partial charge on any atom is 0.106 e. The lowest BCUT2D eigenvalue weighted by Gasteiger charge is -2.28. The van der Waals surface area contributed by atoms with Crippen LogP contribution < -0.4 is 0 Å². The van der Waals surface area contributed by atoms with Gasteiger partial charge in [-0.1, -0.05) is 70.8 Å². The minimum Gasteiger partial charge on any atom is -0.221 e. The van der Waals surface area contributed by atoms with Crippen LogP contribution in [0.25, 0.3) is 0 Å². The van der Waals surface area contributed by atoms with Crippen LogP contribution in [0.3, 0.4) is 0 Å². The zero-order chi connectivity index (χ0) is 13.0. The number of rotatable bonds is 12. The van der Waals surface area contributed by atoms with Crippen molar-refractivity contribution < 1.29 is 15.2 Å². The molecule has 3 nitrogen and oxygen atoms in total. The van der Waals surface area contributed by atoms with Gasteiger partial charge in [-0.05, 0) is 19.3 Å². The summed E-state index contributed by atoms with van der Waals surface area (Å²) in [4.78, 5) is 5.03. The molecule has 0 unspecified atom stereocenters. The molecule has 0 aliphatic carbocycles. The van der Waals surface area contributed by atoms with E-state index in [0.717, 1.165) is 25.7 Å². The summed E-state index contributed by atoms with van der Waals surface area (Å²) in [6.45, 7) is 6.39. The quantitative estimate of drug-likeness (QED) is 0.295. The van der Waals surface area contributed by atoms with Gasteiger partial charge in [-0.25, -0.2) is 5.26 Å². The second-order valence-electron chi connectivity index (χ2n) is 4.92. The summed E-state index contributed by atoms with van der Waals surface area (Å²) < 4.78 is 0. The fraction of sp³-hybridized carbons (Fsp3) is 1.00. The molecule has 0 saturated carbocycles. The van der Waals surface area contributed by atoms with Crippen LogP contribution in [0.15, 0.2) is 0 Å². The van der Waals surface area contributed by atoms with Crippen molar-refractivity contribution >= 4 is 0 Å². The highest BCUT2D eigenvalue weighted by Gasteiger charge is 2.28. The first-order chi connectivity index (χ1) is 8.24. The van der Waals surface area contributed by atoms with Crippen molar-refractivity contribution in [2.45, 2.75) is 90.6 Å². The van der Waals surface area contributed by atoms with Crippen molar-refractivity contribution in [1.29, 1.82) is 0 Å². The summed E-state index contributed by atoms with van der Waals surface area (Å²) in [5.74, 6) is 0. The molecule has 1 N–H and O–H groups in total. The van der Waals surface area contributed by atoms with Crippen molar-refractivity contribution in [2.75, 3.05) is 0 Å². The molecule has 0 bridgehead atoms.